The van der Waals surface area contributed by atoms with E-state index in [1.807, 2.05) is 0 Å². The van der Waals surface area contributed by atoms with E-state index in [4.69, 9.17) is 18.9 Å². The maximum absolute atomic E-state index is 10.6. The zero-order chi connectivity index (χ0) is 23.1. The average Bonchev–Trinajstić information content (AvgIpc) is 3.14. The van der Waals surface area contributed by atoms with E-state index in [1.54, 1.807) is 0 Å². The van der Waals surface area contributed by atoms with E-state index in [0.29, 0.717) is 51.5 Å². The number of fused-ring (bicyclic) bond motifs is 5. The number of ether oxygens (including phenoxy) is 4. The van der Waals surface area contributed by atoms with Gasteiger partial charge in [0.1, 0.15) is 12.4 Å². The maximum Gasteiger partial charge on any atom is 0.119 e. The molecule has 3 aliphatic carbocycles. The normalized spacial score (nSPS) is 30.5. The van der Waals surface area contributed by atoms with Crippen LogP contribution >= 0.6 is 0 Å². The van der Waals surface area contributed by atoms with Crippen molar-refractivity contribution in [2.75, 3.05) is 46.2 Å². The Bertz CT molecular complexity index is 737. The maximum atomic E-state index is 10.6. The van der Waals surface area contributed by atoms with Crippen molar-refractivity contribution in [2.45, 2.75) is 77.2 Å². The molecule has 2 saturated carbocycles. The molecule has 5 atom stereocenters. The van der Waals surface area contributed by atoms with E-state index in [-0.39, 0.29) is 11.5 Å². The lowest BCUT2D eigenvalue weighted by atomic mass is 9.55. The number of aliphatic hydroxyl groups excluding tert-OH is 1. The minimum atomic E-state index is -0.0982. The van der Waals surface area contributed by atoms with Gasteiger partial charge in [0.2, 0.25) is 0 Å². The summed E-state index contributed by atoms with van der Waals surface area (Å²) in [6.45, 7) is 8.91. The number of unbranched alkanes of at least 4 members (excludes halogenated alkanes) is 1. The summed E-state index contributed by atoms with van der Waals surface area (Å²) >= 11 is 0. The van der Waals surface area contributed by atoms with Crippen LogP contribution < -0.4 is 4.74 Å². The average molecular weight is 461 g/mol. The van der Waals surface area contributed by atoms with Gasteiger partial charge in [0.05, 0.1) is 39.1 Å². The van der Waals surface area contributed by atoms with Crippen LogP contribution in [-0.2, 0) is 20.6 Å². The molecule has 0 bridgehead atoms. The summed E-state index contributed by atoms with van der Waals surface area (Å²) in [7, 11) is 0. The van der Waals surface area contributed by atoms with Crippen LogP contribution in [0.15, 0.2) is 18.2 Å². The largest absolute Gasteiger partial charge is 0.491 e. The second-order valence-electron chi connectivity index (χ2n) is 10.5. The second-order valence-corrected chi connectivity index (χ2v) is 10.5. The summed E-state index contributed by atoms with van der Waals surface area (Å²) in [5.74, 6) is 3.03. The van der Waals surface area contributed by atoms with E-state index in [2.05, 4.69) is 32.0 Å². The Morgan fingerprint density at radius 2 is 1.64 bits per heavy atom. The van der Waals surface area contributed by atoms with Gasteiger partial charge in [0.25, 0.3) is 0 Å². The van der Waals surface area contributed by atoms with Crippen LogP contribution in [0.2, 0.25) is 0 Å². The van der Waals surface area contributed by atoms with Gasteiger partial charge in [0.15, 0.2) is 0 Å². The lowest BCUT2D eigenvalue weighted by Crippen LogP contribution is -2.43. The number of hydrogen-bond donors (Lipinski definition) is 1. The van der Waals surface area contributed by atoms with E-state index >= 15 is 0 Å². The SMILES string of the molecule is CCCCOCCOCCOCCOc1ccc2c(c1)CCC1C2CCC2(C)C(O)CCC12. The fourth-order valence-corrected chi connectivity index (χ4v) is 6.63. The van der Waals surface area contributed by atoms with Crippen LogP contribution in [0.25, 0.3) is 0 Å². The minimum absolute atomic E-state index is 0.0982. The lowest BCUT2D eigenvalue weighted by Gasteiger charge is -2.50. The fraction of sp³-hybridized carbons (Fsp3) is 0.786. The molecule has 5 heteroatoms. The predicted molar refractivity (Wildman–Crippen MR) is 130 cm³/mol. The van der Waals surface area contributed by atoms with Gasteiger partial charge < -0.3 is 24.1 Å². The fourth-order valence-electron chi connectivity index (χ4n) is 6.63. The van der Waals surface area contributed by atoms with Crippen molar-refractivity contribution in [3.05, 3.63) is 29.3 Å². The molecule has 0 aliphatic heterocycles. The third-order valence-corrected chi connectivity index (χ3v) is 8.53. The zero-order valence-electron chi connectivity index (χ0n) is 20.7. The van der Waals surface area contributed by atoms with Gasteiger partial charge in [-0.25, -0.2) is 0 Å². The number of aryl methyl sites for hydroxylation is 1. The highest BCUT2D eigenvalue weighted by molar-refractivity contribution is 5.40. The first-order valence-electron chi connectivity index (χ1n) is 13.3. The van der Waals surface area contributed by atoms with Crippen LogP contribution in [0.4, 0.5) is 0 Å². The van der Waals surface area contributed by atoms with Crippen molar-refractivity contribution in [2.24, 2.45) is 17.3 Å². The molecule has 186 valence electrons. The monoisotopic (exact) mass is 460 g/mol. The van der Waals surface area contributed by atoms with Gasteiger partial charge in [-0.2, -0.15) is 0 Å². The molecular weight excluding hydrogens is 416 g/mol. The third-order valence-electron chi connectivity index (χ3n) is 8.53. The van der Waals surface area contributed by atoms with Gasteiger partial charge in [0, 0.05) is 6.61 Å². The summed E-state index contributed by atoms with van der Waals surface area (Å²) in [5.41, 5.74) is 3.15. The summed E-state index contributed by atoms with van der Waals surface area (Å²) in [5, 5.41) is 10.6. The Hall–Kier alpha value is -1.14. The van der Waals surface area contributed by atoms with Gasteiger partial charge in [-0.1, -0.05) is 26.3 Å². The standard InChI is InChI=1S/C28H44O5/c1-3-4-13-30-14-15-31-16-17-32-18-19-33-22-6-8-23-21(20-22)5-7-25-24(23)11-12-28(2)26(25)9-10-27(28)29/h6,8,20,24-27,29H,3-5,7,9-19H2,1-2H3. The lowest BCUT2D eigenvalue weighted by molar-refractivity contribution is -0.0226. The molecule has 0 radical (unpaired) electrons. The van der Waals surface area contributed by atoms with Crippen molar-refractivity contribution in [1.29, 1.82) is 0 Å². The molecule has 0 heterocycles. The molecule has 0 spiro atoms. The van der Waals surface area contributed by atoms with Crippen LogP contribution in [-0.4, -0.2) is 57.5 Å². The van der Waals surface area contributed by atoms with Crippen LogP contribution in [0.5, 0.6) is 5.75 Å². The van der Waals surface area contributed by atoms with Gasteiger partial charge in [-0.3, -0.25) is 0 Å². The summed E-state index contributed by atoms with van der Waals surface area (Å²) in [4.78, 5) is 0. The molecule has 0 aromatic heterocycles. The van der Waals surface area contributed by atoms with Crippen molar-refractivity contribution in [3.63, 3.8) is 0 Å². The molecule has 33 heavy (non-hydrogen) atoms. The van der Waals surface area contributed by atoms with E-state index < -0.39 is 0 Å². The molecule has 0 saturated heterocycles. The highest BCUT2D eigenvalue weighted by Gasteiger charge is 2.54. The van der Waals surface area contributed by atoms with Crippen molar-refractivity contribution in [1.82, 2.24) is 0 Å². The van der Waals surface area contributed by atoms with E-state index in [1.165, 1.54) is 30.4 Å². The number of rotatable bonds is 13. The molecule has 3 aliphatic rings. The molecule has 0 amide bonds. The molecule has 1 aromatic rings. The van der Waals surface area contributed by atoms with E-state index in [9.17, 15) is 5.11 Å². The number of hydrogen-bond acceptors (Lipinski definition) is 5. The Labute approximate surface area is 200 Å². The quantitative estimate of drug-likeness (QED) is 0.414. The molecule has 4 rings (SSSR count). The van der Waals surface area contributed by atoms with Crippen LogP contribution in [0, 0.1) is 17.3 Å². The zero-order valence-corrected chi connectivity index (χ0v) is 20.7. The van der Waals surface area contributed by atoms with Crippen molar-refractivity contribution >= 4 is 0 Å². The molecule has 5 unspecified atom stereocenters. The van der Waals surface area contributed by atoms with Crippen LogP contribution in [0.3, 0.4) is 0 Å². The second kappa shape index (κ2) is 12.0. The Kier molecular flexibility index (Phi) is 9.09. The van der Waals surface area contributed by atoms with E-state index in [0.717, 1.165) is 50.4 Å². The smallest absolute Gasteiger partial charge is 0.119 e. The number of aliphatic hydroxyl groups is 1. The van der Waals surface area contributed by atoms with Crippen molar-refractivity contribution < 1.29 is 24.1 Å². The Balaban J connectivity index is 1.15. The first-order valence-corrected chi connectivity index (χ1v) is 13.3. The van der Waals surface area contributed by atoms with Gasteiger partial charge >= 0.3 is 0 Å². The summed E-state index contributed by atoms with van der Waals surface area (Å²) < 4.78 is 22.6. The number of benzene rings is 1. The first kappa shape index (κ1) is 25.0. The third kappa shape index (κ3) is 5.93. The highest BCUT2D eigenvalue weighted by atomic mass is 16.6. The first-order chi connectivity index (χ1) is 16.1. The van der Waals surface area contributed by atoms with Crippen molar-refractivity contribution in [3.8, 4) is 5.75 Å². The van der Waals surface area contributed by atoms with Gasteiger partial charge in [-0.05, 0) is 91.4 Å². The molecule has 5 nitrogen and oxygen atoms in total. The summed E-state index contributed by atoms with van der Waals surface area (Å²) in [6.07, 6.45) is 9.12. The molecule has 1 aromatic carbocycles. The van der Waals surface area contributed by atoms with Gasteiger partial charge in [-0.15, -0.1) is 0 Å². The highest BCUT2D eigenvalue weighted by Crippen LogP contribution is 2.60. The van der Waals surface area contributed by atoms with Crippen LogP contribution in [0.1, 0.15) is 75.8 Å². The molecule has 1 N–H and O–H groups in total. The molecule has 2 fully saturated rings. The Morgan fingerprint density at radius 1 is 0.909 bits per heavy atom. The predicted octanol–water partition coefficient (Wildman–Crippen LogP) is 5.13. The Morgan fingerprint density at radius 3 is 2.39 bits per heavy atom. The molecular formula is C28H44O5. The minimum Gasteiger partial charge on any atom is -0.491 e. The summed E-state index contributed by atoms with van der Waals surface area (Å²) in [6, 6.07) is 6.71. The topological polar surface area (TPSA) is 57.2 Å².